The van der Waals surface area contributed by atoms with Crippen molar-refractivity contribution in [1.82, 2.24) is 35.0 Å². The molecule has 0 spiro atoms. The third-order valence-corrected chi connectivity index (χ3v) is 5.70. The van der Waals surface area contributed by atoms with Gasteiger partial charge >= 0.3 is 0 Å². The number of thiazole rings is 1. The van der Waals surface area contributed by atoms with E-state index in [0.717, 1.165) is 27.7 Å². The van der Waals surface area contributed by atoms with E-state index in [1.165, 1.54) is 11.3 Å². The predicted molar refractivity (Wildman–Crippen MR) is 116 cm³/mol. The van der Waals surface area contributed by atoms with Crippen LogP contribution in [0.5, 0.6) is 0 Å². The predicted octanol–water partition coefficient (Wildman–Crippen LogP) is 3.20. The molecule has 30 heavy (non-hydrogen) atoms. The number of H-pyrrole nitrogens is 2. The van der Waals surface area contributed by atoms with Crippen molar-refractivity contribution in [2.75, 3.05) is 12.3 Å². The summed E-state index contributed by atoms with van der Waals surface area (Å²) >= 11 is 1.32. The van der Waals surface area contributed by atoms with E-state index in [0.29, 0.717) is 35.3 Å². The lowest BCUT2D eigenvalue weighted by Crippen LogP contribution is -2.30. The van der Waals surface area contributed by atoms with Gasteiger partial charge in [0.05, 0.1) is 17.8 Å². The summed E-state index contributed by atoms with van der Waals surface area (Å²) in [6.45, 7) is 2.80. The van der Waals surface area contributed by atoms with Crippen molar-refractivity contribution < 1.29 is 4.79 Å². The highest BCUT2D eigenvalue weighted by Crippen LogP contribution is 2.29. The van der Waals surface area contributed by atoms with E-state index < -0.39 is 0 Å². The first kappa shape index (κ1) is 18.3. The third-order valence-electron chi connectivity index (χ3n) is 4.94. The molecule has 150 valence electrons. The van der Waals surface area contributed by atoms with E-state index in [1.807, 2.05) is 31.2 Å². The van der Waals surface area contributed by atoms with Crippen molar-refractivity contribution in [3.8, 4) is 11.3 Å². The van der Waals surface area contributed by atoms with Crippen LogP contribution in [0.15, 0.2) is 42.0 Å². The molecule has 0 aliphatic heterocycles. The first-order chi connectivity index (χ1) is 14.6. The monoisotopic (exact) mass is 418 g/mol. The molecule has 10 heteroatoms. The quantitative estimate of drug-likeness (QED) is 0.402. The minimum Gasteiger partial charge on any atom is -0.382 e. The van der Waals surface area contributed by atoms with Crippen molar-refractivity contribution >= 4 is 45.0 Å². The second-order valence-corrected chi connectivity index (χ2v) is 7.66. The molecule has 1 aromatic carbocycles. The zero-order valence-corrected chi connectivity index (χ0v) is 16.9. The Kier molecular flexibility index (Phi) is 4.40. The van der Waals surface area contributed by atoms with Gasteiger partial charge in [0.2, 0.25) is 0 Å². The summed E-state index contributed by atoms with van der Waals surface area (Å²) < 4.78 is 0. The molecule has 5 rings (SSSR count). The van der Waals surface area contributed by atoms with Crippen LogP contribution in [0.2, 0.25) is 0 Å². The van der Waals surface area contributed by atoms with Gasteiger partial charge in [-0.2, -0.15) is 5.10 Å². The molecule has 0 saturated carbocycles. The molecule has 0 aliphatic carbocycles. The Morgan fingerprint density at radius 3 is 2.87 bits per heavy atom. The second kappa shape index (κ2) is 7.23. The highest BCUT2D eigenvalue weighted by atomic mass is 32.1. The lowest BCUT2D eigenvalue weighted by atomic mass is 10.1. The molecule has 0 bridgehead atoms. The van der Waals surface area contributed by atoms with Gasteiger partial charge in [-0.1, -0.05) is 6.07 Å². The van der Waals surface area contributed by atoms with E-state index >= 15 is 0 Å². The minimum atomic E-state index is -0.117. The Morgan fingerprint density at radius 2 is 2.13 bits per heavy atom. The maximum Gasteiger partial charge on any atom is 0.283 e. The fraction of sp³-hybridized carbons (Fsp3) is 0.150. The van der Waals surface area contributed by atoms with Crippen LogP contribution >= 0.6 is 11.3 Å². The smallest absolute Gasteiger partial charge is 0.283 e. The minimum absolute atomic E-state index is 0.117. The van der Waals surface area contributed by atoms with E-state index in [9.17, 15) is 4.79 Å². The number of hydrogen-bond acceptors (Lipinski definition) is 7. The van der Waals surface area contributed by atoms with Gasteiger partial charge in [0.25, 0.3) is 5.91 Å². The lowest BCUT2D eigenvalue weighted by Gasteiger charge is -2.17. The number of nitrogens with two attached hydrogens (primary N) is 1. The summed E-state index contributed by atoms with van der Waals surface area (Å²) in [7, 11) is 0. The number of benzene rings is 1. The number of aromatic amines is 2. The molecular formula is C20H18N8OS. The standard InChI is InChI=1S/C20H18N8OS/c1-2-28(20(29)19-22-7-8-30-19)10-15-25-16-12-4-3-11(13-5-6-23-27-13)9-14(12)24-18(21)17(16)26-15/h3-9H,2,10H2,1H3,(H2,21,24)(H,23,27)(H,25,26). The summed E-state index contributed by atoms with van der Waals surface area (Å²) in [5.41, 5.74) is 10.2. The zero-order chi connectivity index (χ0) is 20.7. The van der Waals surface area contributed by atoms with Crippen LogP contribution in [0.3, 0.4) is 0 Å². The van der Waals surface area contributed by atoms with Crippen molar-refractivity contribution in [3.63, 3.8) is 0 Å². The molecule has 0 saturated heterocycles. The number of aromatic nitrogens is 6. The average molecular weight is 418 g/mol. The molecule has 1 amide bonds. The topological polar surface area (TPSA) is 129 Å². The fourth-order valence-electron chi connectivity index (χ4n) is 3.44. The number of pyridine rings is 1. The van der Waals surface area contributed by atoms with Crippen LogP contribution in [0, 0.1) is 0 Å². The van der Waals surface area contributed by atoms with Crippen LogP contribution in [0.25, 0.3) is 33.2 Å². The highest BCUT2D eigenvalue weighted by molar-refractivity contribution is 7.11. The number of imidazole rings is 1. The van der Waals surface area contributed by atoms with Crippen LogP contribution in [0.1, 0.15) is 22.6 Å². The fourth-order valence-corrected chi connectivity index (χ4v) is 4.05. The number of carbonyl (C=O) groups excluding carboxylic acids is 1. The number of rotatable bonds is 5. The zero-order valence-electron chi connectivity index (χ0n) is 16.1. The van der Waals surface area contributed by atoms with Crippen molar-refractivity contribution in [2.45, 2.75) is 13.5 Å². The second-order valence-electron chi connectivity index (χ2n) is 6.76. The van der Waals surface area contributed by atoms with E-state index in [1.54, 1.807) is 22.7 Å². The van der Waals surface area contributed by atoms with Crippen molar-refractivity contribution in [3.05, 3.63) is 52.9 Å². The van der Waals surface area contributed by atoms with Crippen LogP contribution in [0.4, 0.5) is 5.82 Å². The number of nitrogens with zero attached hydrogens (tertiary/aromatic N) is 5. The van der Waals surface area contributed by atoms with Crippen LogP contribution in [-0.2, 0) is 6.54 Å². The summed E-state index contributed by atoms with van der Waals surface area (Å²) in [5, 5.41) is 10.1. The van der Waals surface area contributed by atoms with Crippen molar-refractivity contribution in [1.29, 1.82) is 0 Å². The van der Waals surface area contributed by atoms with E-state index in [4.69, 9.17) is 10.7 Å². The molecule has 4 aromatic heterocycles. The molecule has 0 unspecified atom stereocenters. The number of hydrogen-bond donors (Lipinski definition) is 3. The summed E-state index contributed by atoms with van der Waals surface area (Å²) in [6.07, 6.45) is 3.33. The highest BCUT2D eigenvalue weighted by Gasteiger charge is 2.19. The van der Waals surface area contributed by atoms with Gasteiger partial charge in [0.15, 0.2) is 5.01 Å². The summed E-state index contributed by atoms with van der Waals surface area (Å²) in [4.78, 5) is 31.0. The van der Waals surface area contributed by atoms with E-state index in [2.05, 4.69) is 25.1 Å². The molecule has 0 atom stereocenters. The van der Waals surface area contributed by atoms with Crippen LogP contribution in [-0.4, -0.2) is 47.5 Å². The molecule has 4 N–H and O–H groups in total. The number of nitrogen functional groups attached to an aromatic ring is 1. The Labute approximate surface area is 175 Å². The van der Waals surface area contributed by atoms with Gasteiger partial charge in [-0.05, 0) is 25.1 Å². The van der Waals surface area contributed by atoms with Gasteiger partial charge in [0, 0.05) is 35.3 Å². The normalized spacial score (nSPS) is 11.4. The Bertz CT molecular complexity index is 1340. The third kappa shape index (κ3) is 3.07. The maximum absolute atomic E-state index is 12.7. The number of carbonyl (C=O) groups is 1. The van der Waals surface area contributed by atoms with Crippen LogP contribution < -0.4 is 5.73 Å². The molecule has 0 aliphatic rings. The van der Waals surface area contributed by atoms with Gasteiger partial charge in [-0.15, -0.1) is 11.3 Å². The lowest BCUT2D eigenvalue weighted by molar-refractivity contribution is 0.0748. The first-order valence-electron chi connectivity index (χ1n) is 9.40. The SMILES string of the molecule is CCN(Cc1nc2c([nH]1)c(N)nc1cc(-c3ccn[nH]3)ccc12)C(=O)c1nccs1. The maximum atomic E-state index is 12.7. The first-order valence-corrected chi connectivity index (χ1v) is 10.3. The number of fused-ring (bicyclic) bond motifs is 3. The molecule has 9 nitrogen and oxygen atoms in total. The number of nitrogens with one attached hydrogen (secondary N) is 2. The Morgan fingerprint density at radius 1 is 1.23 bits per heavy atom. The molecule has 4 heterocycles. The number of anilines is 1. The summed E-state index contributed by atoms with van der Waals surface area (Å²) in [5.74, 6) is 0.899. The Hall–Kier alpha value is -3.79. The van der Waals surface area contributed by atoms with Gasteiger partial charge in [0.1, 0.15) is 22.7 Å². The van der Waals surface area contributed by atoms with Gasteiger partial charge in [-0.25, -0.2) is 15.0 Å². The molecule has 5 aromatic rings. The largest absolute Gasteiger partial charge is 0.382 e. The average Bonchev–Trinajstić information content (AvgIpc) is 3.53. The summed E-state index contributed by atoms with van der Waals surface area (Å²) in [6, 6.07) is 7.82. The molecule has 0 fully saturated rings. The Balaban J connectivity index is 1.54. The molecular weight excluding hydrogens is 400 g/mol. The van der Waals surface area contributed by atoms with Crippen molar-refractivity contribution in [2.24, 2.45) is 0 Å². The number of amides is 1. The van der Waals surface area contributed by atoms with Gasteiger partial charge < -0.3 is 15.6 Å². The van der Waals surface area contributed by atoms with Gasteiger partial charge in [-0.3, -0.25) is 9.89 Å². The van der Waals surface area contributed by atoms with E-state index in [-0.39, 0.29) is 5.91 Å². The molecule has 0 radical (unpaired) electrons.